The van der Waals surface area contributed by atoms with Crippen LogP contribution in [-0.4, -0.2) is 0 Å². The number of benzene rings is 12. The lowest BCUT2D eigenvalue weighted by Crippen LogP contribution is -2.12. The van der Waals surface area contributed by atoms with E-state index >= 15 is 0 Å². The van der Waals surface area contributed by atoms with Gasteiger partial charge in [-0.15, -0.1) is 0 Å². The fourth-order valence-electron chi connectivity index (χ4n) is 13.8. The van der Waals surface area contributed by atoms with E-state index in [4.69, 9.17) is 0 Å². The molecule has 0 aliphatic carbocycles. The van der Waals surface area contributed by atoms with E-state index in [-0.39, 0.29) is 0 Å². The number of rotatable bonds is 30. The number of hydrogen-bond acceptors (Lipinski definition) is 2. The number of aryl methyl sites for hydroxylation is 4. The van der Waals surface area contributed by atoms with Crippen molar-refractivity contribution >= 4 is 66.4 Å². The molecule has 0 spiro atoms. The van der Waals surface area contributed by atoms with E-state index in [0.29, 0.717) is 0 Å². The second kappa shape index (κ2) is 31.4. The highest BCUT2D eigenvalue weighted by Crippen LogP contribution is 2.49. The molecule has 0 heterocycles. The largest absolute Gasteiger partial charge is 0.310 e. The van der Waals surface area contributed by atoms with Gasteiger partial charge in [0.05, 0.1) is 11.4 Å². The number of fused-ring (bicyclic) bond motifs is 5. The molecule has 0 radical (unpaired) electrons. The lowest BCUT2D eigenvalue weighted by atomic mass is 9.93. The van der Waals surface area contributed by atoms with Gasteiger partial charge in [0, 0.05) is 33.5 Å². The predicted molar refractivity (Wildman–Crippen MR) is 401 cm³/mol. The Kier molecular flexibility index (Phi) is 21.5. The van der Waals surface area contributed by atoms with Gasteiger partial charge in [-0.2, -0.15) is 0 Å². The first-order valence-corrected chi connectivity index (χ1v) is 35.2. The van der Waals surface area contributed by atoms with Gasteiger partial charge in [0.15, 0.2) is 0 Å². The highest BCUT2D eigenvalue weighted by molar-refractivity contribution is 6.24. The third-order valence-electron chi connectivity index (χ3n) is 19.2. The minimum atomic E-state index is 1.11. The highest BCUT2D eigenvalue weighted by Gasteiger charge is 2.23. The Balaban J connectivity index is 0.955. The SMILES string of the molecule is CCCCCCc1ccc(-c2ccc(N(c3ccc(-c4ccc(CCCCCC)cc4)cc3)c3cc4c5ccccc5c(N(c5ccc(-c6ccc(CCCCCC)cc6)cc5)c5ccc(-c6ccc(CCCCCC)cc6)cc5)cc4c4ccccc34)cc2)cc1. The molecular formula is C90H94N2. The standard InChI is InChI=1S/C90H94N2/c1-5-9-13-17-25-67-33-41-71(42-34-67)75-49-57-79(58-50-75)91(80-59-51-76(52-60-80)72-43-35-68(36-44-72)26-18-14-10-6-2)89-65-87-84-30-22-24-32-86(84)90(66-88(87)83-29-21-23-31-85(83)89)92(81-61-53-77(54-62-81)73-45-37-69(38-46-73)27-19-15-11-7-3)82-63-55-78(56-64-82)74-47-39-70(40-48-74)28-20-16-12-8-4/h21-24,29-66H,5-20,25-28H2,1-4H3. The first kappa shape index (κ1) is 63.2. The smallest absolute Gasteiger partial charge is 0.0546 e. The normalized spacial score (nSPS) is 11.5. The molecule has 0 N–H and O–H groups in total. The molecule has 2 nitrogen and oxygen atoms in total. The van der Waals surface area contributed by atoms with Crippen LogP contribution in [0.4, 0.5) is 34.1 Å². The van der Waals surface area contributed by atoms with Gasteiger partial charge in [-0.3, -0.25) is 0 Å². The van der Waals surface area contributed by atoms with E-state index < -0.39 is 0 Å². The Morgan fingerprint density at radius 1 is 0.196 bits per heavy atom. The second-order valence-electron chi connectivity index (χ2n) is 25.9. The summed E-state index contributed by atoms with van der Waals surface area (Å²) in [7, 11) is 0. The van der Waals surface area contributed by atoms with E-state index in [9.17, 15) is 0 Å². The van der Waals surface area contributed by atoms with E-state index in [1.807, 2.05) is 0 Å². The summed E-state index contributed by atoms with van der Waals surface area (Å²) in [6, 6.07) is 97.4. The number of hydrogen-bond donors (Lipinski definition) is 0. The average Bonchev–Trinajstić information content (AvgIpc) is 0.741. The third kappa shape index (κ3) is 15.2. The van der Waals surface area contributed by atoms with Gasteiger partial charge in [0.2, 0.25) is 0 Å². The zero-order chi connectivity index (χ0) is 62.9. The minimum absolute atomic E-state index is 1.11. The van der Waals surface area contributed by atoms with Gasteiger partial charge in [0.25, 0.3) is 0 Å². The van der Waals surface area contributed by atoms with Crippen molar-refractivity contribution in [3.63, 3.8) is 0 Å². The van der Waals surface area contributed by atoms with E-state index in [2.05, 4.69) is 292 Å². The van der Waals surface area contributed by atoms with Gasteiger partial charge >= 0.3 is 0 Å². The molecule has 0 amide bonds. The molecular weight excluding hydrogens is 1110 g/mol. The van der Waals surface area contributed by atoms with Crippen molar-refractivity contribution in [3.05, 3.63) is 277 Å². The summed E-state index contributed by atoms with van der Waals surface area (Å²) in [6.45, 7) is 9.14. The zero-order valence-corrected chi connectivity index (χ0v) is 55.3. The number of nitrogens with zero attached hydrogens (tertiary/aromatic N) is 2. The van der Waals surface area contributed by atoms with E-state index in [0.717, 1.165) is 59.8 Å². The van der Waals surface area contributed by atoms with Gasteiger partial charge in [-0.1, -0.05) is 299 Å². The van der Waals surface area contributed by atoms with Crippen molar-refractivity contribution in [2.45, 2.75) is 156 Å². The summed E-state index contributed by atoms with van der Waals surface area (Å²) in [5.74, 6) is 0. The molecule has 0 aliphatic heterocycles. The van der Waals surface area contributed by atoms with Crippen LogP contribution in [0.15, 0.2) is 255 Å². The van der Waals surface area contributed by atoms with Crippen LogP contribution in [0, 0.1) is 0 Å². The summed E-state index contributed by atoms with van der Waals surface area (Å²) < 4.78 is 0. The van der Waals surface area contributed by atoms with Crippen molar-refractivity contribution in [3.8, 4) is 44.5 Å². The highest BCUT2D eigenvalue weighted by atomic mass is 15.2. The molecule has 2 heteroatoms. The van der Waals surface area contributed by atoms with Crippen LogP contribution >= 0.6 is 0 Å². The summed E-state index contributed by atoms with van der Waals surface area (Å²) >= 11 is 0. The van der Waals surface area contributed by atoms with E-state index in [1.54, 1.807) is 0 Å². The number of anilines is 6. The van der Waals surface area contributed by atoms with Gasteiger partial charge in [0.1, 0.15) is 0 Å². The maximum Gasteiger partial charge on any atom is 0.0546 e. The quantitative estimate of drug-likeness (QED) is 0.0327. The first-order valence-electron chi connectivity index (χ1n) is 35.2. The molecule has 0 atom stereocenters. The summed E-state index contributed by atoms with van der Waals surface area (Å²) in [5.41, 5.74) is 22.3. The Labute approximate surface area is 550 Å². The average molecular weight is 1200 g/mol. The maximum atomic E-state index is 2.49. The maximum absolute atomic E-state index is 2.49. The molecule has 12 aromatic carbocycles. The molecule has 12 aromatic rings. The molecule has 464 valence electrons. The lowest BCUT2D eigenvalue weighted by Gasteiger charge is -2.30. The van der Waals surface area contributed by atoms with Crippen LogP contribution in [-0.2, 0) is 25.7 Å². The molecule has 0 saturated heterocycles. The first-order chi connectivity index (χ1) is 45.5. The molecule has 0 bridgehead atoms. The van der Waals surface area contributed by atoms with Crippen molar-refractivity contribution < 1.29 is 0 Å². The fraction of sp³-hybridized carbons (Fsp3) is 0.267. The molecule has 0 aromatic heterocycles. The van der Waals surface area contributed by atoms with Crippen LogP contribution in [0.2, 0.25) is 0 Å². The second-order valence-corrected chi connectivity index (χ2v) is 25.9. The summed E-state index contributed by atoms with van der Waals surface area (Å²) in [5, 5.41) is 7.24. The van der Waals surface area contributed by atoms with Gasteiger partial charge in [-0.25, -0.2) is 0 Å². The Hall–Kier alpha value is -8.98. The molecule has 0 aliphatic rings. The number of unbranched alkanes of at least 4 members (excludes halogenated alkanes) is 12. The third-order valence-corrected chi connectivity index (χ3v) is 19.2. The van der Waals surface area contributed by atoms with Crippen LogP contribution in [0.3, 0.4) is 0 Å². The predicted octanol–water partition coefficient (Wildman–Crippen LogP) is 27.2. The van der Waals surface area contributed by atoms with Crippen LogP contribution in [0.5, 0.6) is 0 Å². The summed E-state index contributed by atoms with van der Waals surface area (Å²) in [6.07, 6.45) is 25.0. The van der Waals surface area contributed by atoms with Crippen molar-refractivity contribution in [1.29, 1.82) is 0 Å². The molecule has 12 rings (SSSR count). The van der Waals surface area contributed by atoms with Crippen LogP contribution in [0.25, 0.3) is 76.8 Å². The monoisotopic (exact) mass is 1200 g/mol. The molecule has 0 saturated carbocycles. The van der Waals surface area contributed by atoms with Gasteiger partial charge < -0.3 is 9.80 Å². The van der Waals surface area contributed by atoms with Crippen molar-refractivity contribution in [2.75, 3.05) is 9.80 Å². The lowest BCUT2D eigenvalue weighted by molar-refractivity contribution is 0.667. The molecule has 0 unspecified atom stereocenters. The van der Waals surface area contributed by atoms with Gasteiger partial charge in [-0.05, 0) is 200 Å². The Morgan fingerprint density at radius 2 is 0.402 bits per heavy atom. The minimum Gasteiger partial charge on any atom is -0.310 e. The molecule has 92 heavy (non-hydrogen) atoms. The van der Waals surface area contributed by atoms with Crippen LogP contribution in [0.1, 0.15) is 153 Å². The Morgan fingerprint density at radius 3 is 0.620 bits per heavy atom. The van der Waals surface area contributed by atoms with Crippen LogP contribution < -0.4 is 9.80 Å². The topological polar surface area (TPSA) is 6.48 Å². The zero-order valence-electron chi connectivity index (χ0n) is 55.3. The fourth-order valence-corrected chi connectivity index (χ4v) is 13.8. The summed E-state index contributed by atoms with van der Waals surface area (Å²) in [4.78, 5) is 4.99. The Bertz CT molecular complexity index is 3780. The van der Waals surface area contributed by atoms with E-state index in [1.165, 1.54) is 202 Å². The molecule has 0 fully saturated rings. The van der Waals surface area contributed by atoms with Crippen molar-refractivity contribution in [1.82, 2.24) is 0 Å². The van der Waals surface area contributed by atoms with Crippen molar-refractivity contribution in [2.24, 2.45) is 0 Å².